The Labute approximate surface area is 148 Å². The molecule has 0 N–H and O–H groups in total. The van der Waals surface area contributed by atoms with Crippen molar-refractivity contribution in [2.75, 3.05) is 33.4 Å². The lowest BCUT2D eigenvalue weighted by Gasteiger charge is -2.33. The predicted octanol–water partition coefficient (Wildman–Crippen LogP) is 2.92. The van der Waals surface area contributed by atoms with Crippen molar-refractivity contribution in [3.05, 3.63) is 59.7 Å². The fourth-order valence-electron chi connectivity index (χ4n) is 2.74. The number of morpholine rings is 1. The number of ether oxygens (including phenoxy) is 3. The molecular formula is C20H23NO4. The lowest BCUT2D eigenvalue weighted by atomic mass is 10.1. The van der Waals surface area contributed by atoms with E-state index < -0.39 is 0 Å². The fraction of sp³-hybridized carbons (Fsp3) is 0.350. The Morgan fingerprint density at radius 2 is 1.80 bits per heavy atom. The Kier molecular flexibility index (Phi) is 5.56. The molecule has 2 aromatic rings. The third-order valence-electron chi connectivity index (χ3n) is 4.22. The molecule has 0 radical (unpaired) electrons. The lowest BCUT2D eigenvalue weighted by Crippen LogP contribution is -2.47. The largest absolute Gasteiger partial charge is 0.497 e. The van der Waals surface area contributed by atoms with E-state index in [0.717, 1.165) is 11.5 Å². The first-order valence-corrected chi connectivity index (χ1v) is 8.40. The molecule has 1 aliphatic rings. The average Bonchev–Trinajstić information content (AvgIpc) is 2.67. The SMILES string of the molecule is COc1ccc(C(=O)N2CCO[C@@H](COc3ccc(C)cc3)C2)cc1. The number of nitrogens with zero attached hydrogens (tertiary/aromatic N) is 1. The van der Waals surface area contributed by atoms with Crippen molar-refractivity contribution in [2.45, 2.75) is 13.0 Å². The molecule has 3 rings (SSSR count). The van der Waals surface area contributed by atoms with Gasteiger partial charge >= 0.3 is 0 Å². The molecule has 5 heteroatoms. The zero-order chi connectivity index (χ0) is 17.6. The molecule has 1 atom stereocenters. The molecule has 1 aliphatic heterocycles. The molecule has 5 nitrogen and oxygen atoms in total. The molecule has 1 amide bonds. The molecule has 0 unspecified atom stereocenters. The van der Waals surface area contributed by atoms with E-state index in [1.165, 1.54) is 5.56 Å². The number of aryl methyl sites for hydroxylation is 1. The van der Waals surface area contributed by atoms with Crippen molar-refractivity contribution in [3.8, 4) is 11.5 Å². The van der Waals surface area contributed by atoms with E-state index in [4.69, 9.17) is 14.2 Å². The number of benzene rings is 2. The molecule has 0 aliphatic carbocycles. The zero-order valence-electron chi connectivity index (χ0n) is 14.6. The third-order valence-corrected chi connectivity index (χ3v) is 4.22. The van der Waals surface area contributed by atoms with Gasteiger partial charge in [0, 0.05) is 12.1 Å². The van der Waals surface area contributed by atoms with Crippen LogP contribution in [0, 0.1) is 6.92 Å². The molecule has 25 heavy (non-hydrogen) atoms. The second kappa shape index (κ2) is 8.03. The number of carbonyl (C=O) groups is 1. The van der Waals surface area contributed by atoms with Gasteiger partial charge in [0.15, 0.2) is 0 Å². The standard InChI is InChI=1S/C20H23NO4/c1-15-3-7-18(8-4-15)25-14-19-13-21(11-12-24-19)20(22)16-5-9-17(23-2)10-6-16/h3-10,19H,11-14H2,1-2H3/t19-/m1/s1. The monoisotopic (exact) mass is 341 g/mol. The molecule has 1 heterocycles. The maximum atomic E-state index is 12.6. The van der Waals surface area contributed by atoms with E-state index in [1.54, 1.807) is 31.4 Å². The Hall–Kier alpha value is -2.53. The highest BCUT2D eigenvalue weighted by molar-refractivity contribution is 5.94. The molecule has 0 saturated carbocycles. The highest BCUT2D eigenvalue weighted by Gasteiger charge is 2.25. The summed E-state index contributed by atoms with van der Waals surface area (Å²) < 4.78 is 16.7. The topological polar surface area (TPSA) is 48.0 Å². The molecule has 1 fully saturated rings. The van der Waals surface area contributed by atoms with Crippen molar-refractivity contribution in [1.82, 2.24) is 4.90 Å². The summed E-state index contributed by atoms with van der Waals surface area (Å²) in [7, 11) is 1.61. The van der Waals surface area contributed by atoms with Crippen LogP contribution in [0.3, 0.4) is 0 Å². The second-order valence-corrected chi connectivity index (χ2v) is 6.10. The summed E-state index contributed by atoms with van der Waals surface area (Å²) in [6.07, 6.45) is -0.128. The number of methoxy groups -OCH3 is 1. The van der Waals surface area contributed by atoms with Gasteiger partial charge in [-0.05, 0) is 43.3 Å². The van der Waals surface area contributed by atoms with Crippen LogP contribution in [0.4, 0.5) is 0 Å². The van der Waals surface area contributed by atoms with Gasteiger partial charge in [0.2, 0.25) is 0 Å². The van der Waals surface area contributed by atoms with Crippen LogP contribution < -0.4 is 9.47 Å². The summed E-state index contributed by atoms with van der Waals surface area (Å²) >= 11 is 0. The van der Waals surface area contributed by atoms with Gasteiger partial charge in [0.1, 0.15) is 24.2 Å². The summed E-state index contributed by atoms with van der Waals surface area (Å²) in [5.41, 5.74) is 1.85. The van der Waals surface area contributed by atoms with Gasteiger partial charge in [-0.3, -0.25) is 4.79 Å². The highest BCUT2D eigenvalue weighted by atomic mass is 16.5. The molecule has 2 aromatic carbocycles. The van der Waals surface area contributed by atoms with E-state index in [2.05, 4.69) is 0 Å². The van der Waals surface area contributed by atoms with Crippen LogP contribution in [-0.4, -0.2) is 50.3 Å². The van der Waals surface area contributed by atoms with Gasteiger partial charge in [-0.2, -0.15) is 0 Å². The fourth-order valence-corrected chi connectivity index (χ4v) is 2.74. The molecule has 1 saturated heterocycles. The summed E-state index contributed by atoms with van der Waals surface area (Å²) in [5, 5.41) is 0. The van der Waals surface area contributed by atoms with Gasteiger partial charge < -0.3 is 19.1 Å². The molecule has 132 valence electrons. The third kappa shape index (κ3) is 4.51. The molecule has 0 aromatic heterocycles. The first-order valence-electron chi connectivity index (χ1n) is 8.40. The van der Waals surface area contributed by atoms with Crippen LogP contribution in [0.25, 0.3) is 0 Å². The summed E-state index contributed by atoms with van der Waals surface area (Å²) in [5.74, 6) is 1.56. The van der Waals surface area contributed by atoms with E-state index in [9.17, 15) is 4.79 Å². The number of amides is 1. The van der Waals surface area contributed by atoms with Crippen LogP contribution in [0.15, 0.2) is 48.5 Å². The van der Waals surface area contributed by atoms with Crippen LogP contribution in [0.5, 0.6) is 11.5 Å². The number of hydrogen-bond donors (Lipinski definition) is 0. The minimum absolute atomic E-state index is 0.00582. The molecular weight excluding hydrogens is 318 g/mol. The maximum Gasteiger partial charge on any atom is 0.254 e. The summed E-state index contributed by atoms with van der Waals surface area (Å²) in [6.45, 7) is 4.10. The van der Waals surface area contributed by atoms with E-state index in [1.807, 2.05) is 36.1 Å². The van der Waals surface area contributed by atoms with E-state index in [0.29, 0.717) is 31.9 Å². The predicted molar refractivity (Wildman–Crippen MR) is 95.3 cm³/mol. The van der Waals surface area contributed by atoms with Gasteiger partial charge in [-0.15, -0.1) is 0 Å². The second-order valence-electron chi connectivity index (χ2n) is 6.10. The Morgan fingerprint density at radius 1 is 1.12 bits per heavy atom. The first kappa shape index (κ1) is 17.3. The van der Waals surface area contributed by atoms with Crippen LogP contribution in [0.2, 0.25) is 0 Å². The Morgan fingerprint density at radius 3 is 2.48 bits per heavy atom. The zero-order valence-corrected chi connectivity index (χ0v) is 14.6. The summed E-state index contributed by atoms with van der Waals surface area (Å²) in [4.78, 5) is 14.5. The number of hydrogen-bond acceptors (Lipinski definition) is 4. The van der Waals surface area contributed by atoms with Crippen molar-refractivity contribution in [3.63, 3.8) is 0 Å². The number of rotatable bonds is 5. The first-order chi connectivity index (χ1) is 12.2. The lowest BCUT2D eigenvalue weighted by molar-refractivity contribution is -0.0401. The van der Waals surface area contributed by atoms with Gasteiger partial charge in [-0.1, -0.05) is 17.7 Å². The smallest absolute Gasteiger partial charge is 0.254 e. The summed E-state index contributed by atoms with van der Waals surface area (Å²) in [6, 6.07) is 15.1. The van der Waals surface area contributed by atoms with E-state index in [-0.39, 0.29) is 12.0 Å². The quantitative estimate of drug-likeness (QED) is 0.839. The van der Waals surface area contributed by atoms with Crippen LogP contribution >= 0.6 is 0 Å². The van der Waals surface area contributed by atoms with E-state index >= 15 is 0 Å². The minimum Gasteiger partial charge on any atom is -0.497 e. The normalized spacial score (nSPS) is 17.2. The van der Waals surface area contributed by atoms with Gasteiger partial charge in [0.25, 0.3) is 5.91 Å². The molecule has 0 spiro atoms. The minimum atomic E-state index is -0.128. The molecule has 0 bridgehead atoms. The average molecular weight is 341 g/mol. The van der Waals surface area contributed by atoms with Crippen molar-refractivity contribution in [1.29, 1.82) is 0 Å². The highest BCUT2D eigenvalue weighted by Crippen LogP contribution is 2.16. The number of carbonyl (C=O) groups excluding carboxylic acids is 1. The van der Waals surface area contributed by atoms with Crippen LogP contribution in [-0.2, 0) is 4.74 Å². The Balaban J connectivity index is 1.56. The van der Waals surface area contributed by atoms with Crippen molar-refractivity contribution < 1.29 is 19.0 Å². The van der Waals surface area contributed by atoms with Crippen molar-refractivity contribution >= 4 is 5.91 Å². The van der Waals surface area contributed by atoms with Crippen LogP contribution in [0.1, 0.15) is 15.9 Å². The van der Waals surface area contributed by atoms with Crippen molar-refractivity contribution in [2.24, 2.45) is 0 Å². The van der Waals surface area contributed by atoms with Gasteiger partial charge in [0.05, 0.1) is 20.3 Å². The van der Waals surface area contributed by atoms with Gasteiger partial charge in [-0.25, -0.2) is 0 Å². The maximum absolute atomic E-state index is 12.6. The Bertz CT molecular complexity index is 697.